The van der Waals surface area contributed by atoms with Gasteiger partial charge in [0.15, 0.2) is 0 Å². The number of nitrogens with two attached hydrogens (primary N) is 1. The van der Waals surface area contributed by atoms with Crippen LogP contribution >= 0.6 is 11.6 Å². The van der Waals surface area contributed by atoms with Gasteiger partial charge in [-0.15, -0.1) is 0 Å². The molecule has 0 radical (unpaired) electrons. The maximum absolute atomic E-state index is 11.5. The standard InChI is InChI=1S/C14H16ClN3O/c1-3-10-8-11(4-2)18(17-10)13-7-9(15)5-6-12(13)14(16)19/h5-8H,3-4H2,1-2H3,(H2,16,19). The van der Waals surface area contributed by atoms with Crippen molar-refractivity contribution in [2.45, 2.75) is 26.7 Å². The van der Waals surface area contributed by atoms with Crippen LogP contribution in [0.5, 0.6) is 0 Å². The van der Waals surface area contributed by atoms with Crippen LogP contribution in [0.1, 0.15) is 35.6 Å². The van der Waals surface area contributed by atoms with Gasteiger partial charge in [0.05, 0.1) is 16.9 Å². The van der Waals surface area contributed by atoms with E-state index in [1.807, 2.05) is 19.9 Å². The Morgan fingerprint density at radius 3 is 2.63 bits per heavy atom. The highest BCUT2D eigenvalue weighted by Gasteiger charge is 2.14. The summed E-state index contributed by atoms with van der Waals surface area (Å²) in [6.45, 7) is 4.08. The molecule has 0 aliphatic carbocycles. The van der Waals surface area contributed by atoms with Crippen LogP contribution in [0, 0.1) is 0 Å². The number of aromatic nitrogens is 2. The predicted octanol–water partition coefficient (Wildman–Crippen LogP) is 2.75. The largest absolute Gasteiger partial charge is 0.366 e. The summed E-state index contributed by atoms with van der Waals surface area (Å²) in [6.07, 6.45) is 1.66. The van der Waals surface area contributed by atoms with E-state index in [1.54, 1.807) is 22.9 Å². The van der Waals surface area contributed by atoms with Crippen LogP contribution in [-0.2, 0) is 12.8 Å². The zero-order valence-electron chi connectivity index (χ0n) is 11.0. The van der Waals surface area contributed by atoms with Gasteiger partial charge in [0, 0.05) is 10.7 Å². The molecule has 2 rings (SSSR count). The lowest BCUT2D eigenvalue weighted by Gasteiger charge is -2.10. The maximum atomic E-state index is 11.5. The Kier molecular flexibility index (Phi) is 3.90. The van der Waals surface area contributed by atoms with Crippen molar-refractivity contribution >= 4 is 17.5 Å². The van der Waals surface area contributed by atoms with Crippen molar-refractivity contribution in [3.8, 4) is 5.69 Å². The van der Waals surface area contributed by atoms with Crippen LogP contribution in [-0.4, -0.2) is 15.7 Å². The summed E-state index contributed by atoms with van der Waals surface area (Å²) in [5.74, 6) is -0.484. The average molecular weight is 278 g/mol. The van der Waals surface area contributed by atoms with Crippen molar-refractivity contribution in [3.63, 3.8) is 0 Å². The molecule has 1 heterocycles. The molecule has 0 aliphatic rings. The minimum absolute atomic E-state index is 0.421. The number of hydrogen-bond acceptors (Lipinski definition) is 2. The first-order valence-electron chi connectivity index (χ1n) is 6.24. The minimum Gasteiger partial charge on any atom is -0.366 e. The lowest BCUT2D eigenvalue weighted by Crippen LogP contribution is -2.16. The van der Waals surface area contributed by atoms with Crippen LogP contribution in [0.4, 0.5) is 0 Å². The number of primary amides is 1. The second-order valence-corrected chi connectivity index (χ2v) is 4.71. The summed E-state index contributed by atoms with van der Waals surface area (Å²) in [5.41, 5.74) is 8.47. The van der Waals surface area contributed by atoms with Crippen molar-refractivity contribution < 1.29 is 4.79 Å². The van der Waals surface area contributed by atoms with Crippen LogP contribution in [0.2, 0.25) is 5.02 Å². The van der Waals surface area contributed by atoms with Gasteiger partial charge in [-0.05, 0) is 37.1 Å². The lowest BCUT2D eigenvalue weighted by atomic mass is 10.1. The van der Waals surface area contributed by atoms with E-state index in [0.29, 0.717) is 16.3 Å². The van der Waals surface area contributed by atoms with Crippen LogP contribution in [0.15, 0.2) is 24.3 Å². The fourth-order valence-corrected chi connectivity index (χ4v) is 2.16. The van der Waals surface area contributed by atoms with Gasteiger partial charge in [0.1, 0.15) is 0 Å². The highest BCUT2D eigenvalue weighted by molar-refractivity contribution is 6.31. The zero-order chi connectivity index (χ0) is 14.0. The fourth-order valence-electron chi connectivity index (χ4n) is 2.00. The molecule has 0 fully saturated rings. The second kappa shape index (κ2) is 5.45. The number of aryl methyl sites for hydroxylation is 2. The molecule has 1 aromatic heterocycles. The van der Waals surface area contributed by atoms with Crippen molar-refractivity contribution in [1.82, 2.24) is 9.78 Å². The molecule has 2 N–H and O–H groups in total. The van der Waals surface area contributed by atoms with Crippen molar-refractivity contribution in [2.24, 2.45) is 5.73 Å². The summed E-state index contributed by atoms with van der Waals surface area (Å²) in [5, 5.41) is 5.06. The summed E-state index contributed by atoms with van der Waals surface area (Å²) in [4.78, 5) is 11.5. The van der Waals surface area contributed by atoms with Gasteiger partial charge in [-0.1, -0.05) is 25.4 Å². The van der Waals surface area contributed by atoms with E-state index < -0.39 is 5.91 Å². The second-order valence-electron chi connectivity index (χ2n) is 4.27. The highest BCUT2D eigenvalue weighted by Crippen LogP contribution is 2.22. The normalized spacial score (nSPS) is 10.7. The molecular formula is C14H16ClN3O. The molecule has 19 heavy (non-hydrogen) atoms. The predicted molar refractivity (Wildman–Crippen MR) is 75.8 cm³/mol. The Hall–Kier alpha value is -1.81. The van der Waals surface area contributed by atoms with E-state index >= 15 is 0 Å². The van der Waals surface area contributed by atoms with E-state index in [1.165, 1.54) is 0 Å². The van der Waals surface area contributed by atoms with Gasteiger partial charge in [-0.2, -0.15) is 5.10 Å². The molecule has 0 spiro atoms. The number of carbonyl (C=O) groups excluding carboxylic acids is 1. The number of rotatable bonds is 4. The molecule has 1 aromatic carbocycles. The number of halogens is 1. The van der Waals surface area contributed by atoms with E-state index in [2.05, 4.69) is 5.10 Å². The molecule has 100 valence electrons. The molecule has 0 saturated heterocycles. The summed E-state index contributed by atoms with van der Waals surface area (Å²) in [7, 11) is 0. The van der Waals surface area contributed by atoms with E-state index in [0.717, 1.165) is 24.2 Å². The van der Waals surface area contributed by atoms with E-state index in [9.17, 15) is 4.79 Å². The molecule has 1 amide bonds. The van der Waals surface area contributed by atoms with E-state index in [-0.39, 0.29) is 0 Å². The first-order valence-corrected chi connectivity index (χ1v) is 6.62. The average Bonchev–Trinajstić information content (AvgIpc) is 2.81. The number of carbonyl (C=O) groups is 1. The first kappa shape index (κ1) is 13.6. The molecule has 2 aromatic rings. The Balaban J connectivity index is 2.66. The third kappa shape index (κ3) is 2.63. The Bertz CT molecular complexity index is 619. The molecule has 0 bridgehead atoms. The van der Waals surface area contributed by atoms with Gasteiger partial charge in [-0.3, -0.25) is 4.79 Å². The topological polar surface area (TPSA) is 60.9 Å². The van der Waals surface area contributed by atoms with Crippen LogP contribution in [0.25, 0.3) is 5.69 Å². The van der Waals surface area contributed by atoms with Crippen molar-refractivity contribution in [2.75, 3.05) is 0 Å². The Labute approximate surface area is 117 Å². The number of nitrogens with zero attached hydrogens (tertiary/aromatic N) is 2. The van der Waals surface area contributed by atoms with Gasteiger partial charge in [-0.25, -0.2) is 4.68 Å². The quantitative estimate of drug-likeness (QED) is 0.934. The smallest absolute Gasteiger partial charge is 0.250 e. The monoisotopic (exact) mass is 277 g/mol. The first-order chi connectivity index (χ1) is 9.06. The fraction of sp³-hybridized carbons (Fsp3) is 0.286. The van der Waals surface area contributed by atoms with Gasteiger partial charge in [0.2, 0.25) is 0 Å². The Morgan fingerprint density at radius 2 is 2.05 bits per heavy atom. The van der Waals surface area contributed by atoms with Crippen LogP contribution in [0.3, 0.4) is 0 Å². The van der Waals surface area contributed by atoms with E-state index in [4.69, 9.17) is 17.3 Å². The molecule has 0 atom stereocenters. The number of benzene rings is 1. The lowest BCUT2D eigenvalue weighted by molar-refractivity contribution is 0.1000. The summed E-state index contributed by atoms with van der Waals surface area (Å²) in [6, 6.07) is 7.03. The van der Waals surface area contributed by atoms with Gasteiger partial charge < -0.3 is 5.73 Å². The minimum atomic E-state index is -0.484. The maximum Gasteiger partial charge on any atom is 0.250 e. The van der Waals surface area contributed by atoms with Crippen LogP contribution < -0.4 is 5.73 Å². The Morgan fingerprint density at radius 1 is 1.32 bits per heavy atom. The van der Waals surface area contributed by atoms with Gasteiger partial charge >= 0.3 is 0 Å². The molecule has 0 aliphatic heterocycles. The zero-order valence-corrected chi connectivity index (χ0v) is 11.7. The molecule has 4 nitrogen and oxygen atoms in total. The third-order valence-electron chi connectivity index (χ3n) is 3.01. The highest BCUT2D eigenvalue weighted by atomic mass is 35.5. The number of amides is 1. The third-order valence-corrected chi connectivity index (χ3v) is 3.25. The SMILES string of the molecule is CCc1cc(CC)n(-c2cc(Cl)ccc2C(N)=O)n1. The van der Waals surface area contributed by atoms with Crippen molar-refractivity contribution in [1.29, 1.82) is 0 Å². The number of hydrogen-bond donors (Lipinski definition) is 1. The summed E-state index contributed by atoms with van der Waals surface area (Å²) < 4.78 is 1.75. The summed E-state index contributed by atoms with van der Waals surface area (Å²) >= 11 is 6.01. The van der Waals surface area contributed by atoms with Crippen molar-refractivity contribution in [3.05, 3.63) is 46.2 Å². The van der Waals surface area contributed by atoms with Gasteiger partial charge in [0.25, 0.3) is 5.91 Å². The molecule has 5 heteroatoms. The molecule has 0 unspecified atom stereocenters. The molecular weight excluding hydrogens is 262 g/mol. The molecule has 0 saturated carbocycles.